The maximum absolute atomic E-state index is 5.89. The molecule has 0 saturated carbocycles. The molecule has 2 heterocycles. The summed E-state index contributed by atoms with van der Waals surface area (Å²) in [4.78, 5) is 14.1. The Kier molecular flexibility index (Phi) is 6.36. The van der Waals surface area contributed by atoms with E-state index in [1.54, 1.807) is 0 Å². The minimum absolute atomic E-state index is 0.669. The van der Waals surface area contributed by atoms with E-state index in [9.17, 15) is 0 Å². The maximum atomic E-state index is 5.89. The Labute approximate surface area is 150 Å². The van der Waals surface area contributed by atoms with E-state index < -0.39 is 0 Å². The number of aromatic nitrogens is 2. The molecule has 5 nitrogen and oxygen atoms in total. The van der Waals surface area contributed by atoms with Gasteiger partial charge in [-0.3, -0.25) is 0 Å². The molecule has 134 valence electrons. The molecule has 25 heavy (non-hydrogen) atoms. The lowest BCUT2D eigenvalue weighted by molar-refractivity contribution is 0.130. The van der Waals surface area contributed by atoms with E-state index in [4.69, 9.17) is 4.74 Å². The van der Waals surface area contributed by atoms with Gasteiger partial charge in [0.15, 0.2) is 5.82 Å². The molecule has 1 aromatic carbocycles. The second-order valence-electron chi connectivity index (χ2n) is 6.52. The molecule has 1 saturated heterocycles. The average molecular weight is 340 g/mol. The molecular weight excluding hydrogens is 312 g/mol. The van der Waals surface area contributed by atoms with Gasteiger partial charge in [-0.15, -0.1) is 0 Å². The van der Waals surface area contributed by atoms with Crippen molar-refractivity contribution >= 4 is 0 Å². The third kappa shape index (κ3) is 5.25. The molecule has 0 spiro atoms. The van der Waals surface area contributed by atoms with E-state index in [0.717, 1.165) is 36.6 Å². The Morgan fingerprint density at radius 3 is 2.44 bits per heavy atom. The number of likely N-dealkylation sites (N-methyl/N-ethyl adjacent to an activating group) is 1. The van der Waals surface area contributed by atoms with Gasteiger partial charge in [0.25, 0.3) is 0 Å². The number of ether oxygens (including phenoxy) is 1. The molecule has 0 aliphatic carbocycles. The summed E-state index contributed by atoms with van der Waals surface area (Å²) in [5, 5.41) is 0. The van der Waals surface area contributed by atoms with Crippen molar-refractivity contribution in [1.82, 2.24) is 19.8 Å². The monoisotopic (exact) mass is 340 g/mol. The van der Waals surface area contributed by atoms with Crippen LogP contribution in [-0.2, 0) is 0 Å². The lowest BCUT2D eigenvalue weighted by Crippen LogP contribution is -2.46. The van der Waals surface area contributed by atoms with Gasteiger partial charge >= 0.3 is 0 Å². The maximum Gasteiger partial charge on any atom is 0.217 e. The highest BCUT2D eigenvalue weighted by Crippen LogP contribution is 2.18. The summed E-state index contributed by atoms with van der Waals surface area (Å²) in [5.74, 6) is 1.40. The SMILES string of the molecule is CCN1CCN(CCCOc2cc(C)nc(-c3ccccc3)n2)CC1. The van der Waals surface area contributed by atoms with Crippen molar-refractivity contribution in [2.75, 3.05) is 45.9 Å². The fourth-order valence-corrected chi connectivity index (χ4v) is 3.12. The standard InChI is InChI=1S/C20H28N4O/c1-3-23-11-13-24(14-12-23)10-7-15-25-19-16-17(2)21-20(22-19)18-8-5-4-6-9-18/h4-6,8-9,16H,3,7,10-15H2,1-2H3. The molecule has 0 amide bonds. The van der Waals surface area contributed by atoms with Crippen LogP contribution in [0.5, 0.6) is 5.88 Å². The Balaban J connectivity index is 1.48. The van der Waals surface area contributed by atoms with Gasteiger partial charge < -0.3 is 14.5 Å². The van der Waals surface area contributed by atoms with Gasteiger partial charge in [-0.05, 0) is 19.9 Å². The highest BCUT2D eigenvalue weighted by atomic mass is 16.5. The first-order valence-corrected chi connectivity index (χ1v) is 9.23. The molecule has 1 aliphatic heterocycles. The second-order valence-corrected chi connectivity index (χ2v) is 6.52. The summed E-state index contributed by atoms with van der Waals surface area (Å²) in [6.07, 6.45) is 1.02. The summed E-state index contributed by atoms with van der Waals surface area (Å²) in [6.45, 7) is 11.9. The van der Waals surface area contributed by atoms with Crippen LogP contribution in [0.3, 0.4) is 0 Å². The van der Waals surface area contributed by atoms with Gasteiger partial charge in [0.1, 0.15) is 0 Å². The Morgan fingerprint density at radius 1 is 1.00 bits per heavy atom. The molecule has 0 bridgehead atoms. The normalized spacial score (nSPS) is 16.1. The fourth-order valence-electron chi connectivity index (χ4n) is 3.12. The Hall–Kier alpha value is -1.98. The molecule has 2 aromatic rings. The topological polar surface area (TPSA) is 41.5 Å². The third-order valence-electron chi connectivity index (χ3n) is 4.64. The van der Waals surface area contributed by atoms with Crippen LogP contribution in [0.2, 0.25) is 0 Å². The second kappa shape index (κ2) is 8.92. The lowest BCUT2D eigenvalue weighted by atomic mass is 10.2. The fraction of sp³-hybridized carbons (Fsp3) is 0.500. The van der Waals surface area contributed by atoms with Gasteiger partial charge in [-0.2, -0.15) is 4.98 Å². The summed E-state index contributed by atoms with van der Waals surface area (Å²) in [7, 11) is 0. The minimum atomic E-state index is 0.669. The molecule has 1 fully saturated rings. The first-order chi connectivity index (χ1) is 12.2. The van der Waals surface area contributed by atoms with E-state index in [-0.39, 0.29) is 0 Å². The van der Waals surface area contributed by atoms with Gasteiger partial charge in [0.2, 0.25) is 5.88 Å². The van der Waals surface area contributed by atoms with Crippen molar-refractivity contribution in [1.29, 1.82) is 0 Å². The summed E-state index contributed by atoms with van der Waals surface area (Å²) in [5.41, 5.74) is 1.95. The van der Waals surface area contributed by atoms with E-state index in [0.29, 0.717) is 12.5 Å². The number of benzene rings is 1. The van der Waals surface area contributed by atoms with E-state index >= 15 is 0 Å². The molecule has 1 aromatic heterocycles. The number of aryl methyl sites for hydroxylation is 1. The van der Waals surface area contributed by atoms with Crippen molar-refractivity contribution in [2.24, 2.45) is 0 Å². The first kappa shape index (κ1) is 17.8. The van der Waals surface area contributed by atoms with Gasteiger partial charge in [-0.1, -0.05) is 37.3 Å². The van der Waals surface area contributed by atoms with Gasteiger partial charge in [-0.25, -0.2) is 4.98 Å². The van der Waals surface area contributed by atoms with Crippen LogP contribution in [0.1, 0.15) is 19.0 Å². The van der Waals surface area contributed by atoms with Gasteiger partial charge in [0, 0.05) is 50.0 Å². The van der Waals surface area contributed by atoms with E-state index in [2.05, 4.69) is 26.7 Å². The van der Waals surface area contributed by atoms with Crippen molar-refractivity contribution in [3.8, 4) is 17.3 Å². The molecule has 0 unspecified atom stereocenters. The summed E-state index contributed by atoms with van der Waals surface area (Å²) >= 11 is 0. The van der Waals surface area contributed by atoms with Crippen LogP contribution >= 0.6 is 0 Å². The van der Waals surface area contributed by atoms with Crippen LogP contribution < -0.4 is 4.74 Å². The number of piperazine rings is 1. The third-order valence-corrected chi connectivity index (χ3v) is 4.64. The predicted octanol–water partition coefficient (Wildman–Crippen LogP) is 2.86. The largest absolute Gasteiger partial charge is 0.478 e. The Morgan fingerprint density at radius 2 is 1.72 bits per heavy atom. The predicted molar refractivity (Wildman–Crippen MR) is 101 cm³/mol. The van der Waals surface area contributed by atoms with Gasteiger partial charge in [0.05, 0.1) is 6.61 Å². The number of hydrogen-bond acceptors (Lipinski definition) is 5. The summed E-state index contributed by atoms with van der Waals surface area (Å²) < 4.78 is 5.89. The van der Waals surface area contributed by atoms with Crippen molar-refractivity contribution in [3.63, 3.8) is 0 Å². The van der Waals surface area contributed by atoms with Crippen molar-refractivity contribution < 1.29 is 4.74 Å². The molecule has 0 N–H and O–H groups in total. The molecule has 5 heteroatoms. The zero-order chi connectivity index (χ0) is 17.5. The highest BCUT2D eigenvalue weighted by molar-refractivity contribution is 5.55. The van der Waals surface area contributed by atoms with E-state index in [1.165, 1.54) is 26.2 Å². The quantitative estimate of drug-likeness (QED) is 0.725. The van der Waals surface area contributed by atoms with Crippen LogP contribution in [-0.4, -0.2) is 65.6 Å². The number of hydrogen-bond donors (Lipinski definition) is 0. The van der Waals surface area contributed by atoms with E-state index in [1.807, 2.05) is 43.3 Å². The average Bonchev–Trinajstić information content (AvgIpc) is 2.66. The zero-order valence-corrected chi connectivity index (χ0v) is 15.3. The molecule has 1 aliphatic rings. The van der Waals surface area contributed by atoms with Crippen LogP contribution in [0.4, 0.5) is 0 Å². The number of nitrogens with zero attached hydrogens (tertiary/aromatic N) is 4. The number of rotatable bonds is 7. The lowest BCUT2D eigenvalue weighted by Gasteiger charge is -2.33. The Bertz CT molecular complexity index is 654. The molecular formula is C20H28N4O. The first-order valence-electron chi connectivity index (χ1n) is 9.23. The zero-order valence-electron chi connectivity index (χ0n) is 15.3. The summed E-state index contributed by atoms with van der Waals surface area (Å²) in [6, 6.07) is 12.0. The minimum Gasteiger partial charge on any atom is -0.478 e. The molecule has 3 rings (SSSR count). The van der Waals surface area contributed by atoms with Crippen molar-refractivity contribution in [2.45, 2.75) is 20.3 Å². The van der Waals surface area contributed by atoms with Crippen LogP contribution in [0, 0.1) is 6.92 Å². The molecule has 0 atom stereocenters. The van der Waals surface area contributed by atoms with Crippen LogP contribution in [0.15, 0.2) is 36.4 Å². The smallest absolute Gasteiger partial charge is 0.217 e. The van der Waals surface area contributed by atoms with Crippen LogP contribution in [0.25, 0.3) is 11.4 Å². The highest BCUT2D eigenvalue weighted by Gasteiger charge is 2.14. The molecule has 0 radical (unpaired) electrons. The van der Waals surface area contributed by atoms with Crippen molar-refractivity contribution in [3.05, 3.63) is 42.1 Å².